The van der Waals surface area contributed by atoms with Gasteiger partial charge in [0.2, 0.25) is 10.0 Å². The Morgan fingerprint density at radius 3 is 2.42 bits per heavy atom. The molecule has 33 heavy (non-hydrogen) atoms. The van der Waals surface area contributed by atoms with Gasteiger partial charge in [0.25, 0.3) is 5.56 Å². The molecule has 0 atom stereocenters. The average molecular weight is 467 g/mol. The number of aromatic amines is 1. The molecule has 4 rings (SSSR count). The molecule has 3 N–H and O–H groups in total. The van der Waals surface area contributed by atoms with Crippen LogP contribution in [0, 0.1) is 0 Å². The van der Waals surface area contributed by atoms with E-state index in [2.05, 4.69) is 48.1 Å². The van der Waals surface area contributed by atoms with Gasteiger partial charge in [0.05, 0.1) is 17.6 Å². The molecule has 3 aromatic rings. The number of nitrogens with one attached hydrogen (secondary N) is 3. The number of sulfonamides is 1. The number of hydrazine groups is 1. The average Bonchev–Trinajstić information content (AvgIpc) is 3.13. The van der Waals surface area contributed by atoms with Gasteiger partial charge in [-0.2, -0.15) is 0 Å². The predicted octanol–water partition coefficient (Wildman–Crippen LogP) is 2.44. The second kappa shape index (κ2) is 8.17. The van der Waals surface area contributed by atoms with Crippen LogP contribution in [0.15, 0.2) is 64.3 Å². The van der Waals surface area contributed by atoms with Crippen molar-refractivity contribution < 1.29 is 8.42 Å². The molecule has 0 spiro atoms. The standard InChI is InChI=1S/C24H26N4O4S/c1-24(2,3)18-12-17(13-19(14-18)28-10-9-22(29)25-23(28)30)15-5-7-20-16(11-15)6-8-21(20)26-27-33(4,31)32/h5,7-14,26-27H,6H2,1-4H3,(H,25,29,30). The summed E-state index contributed by atoms with van der Waals surface area (Å²) in [5.41, 5.74) is 8.00. The minimum atomic E-state index is -3.37. The summed E-state index contributed by atoms with van der Waals surface area (Å²) < 4.78 is 24.2. The first kappa shape index (κ1) is 22.8. The first-order valence-corrected chi connectivity index (χ1v) is 12.3. The van der Waals surface area contributed by atoms with Gasteiger partial charge in [-0.05, 0) is 46.2 Å². The minimum absolute atomic E-state index is 0.163. The summed E-state index contributed by atoms with van der Waals surface area (Å²) in [4.78, 5) is 28.5. The van der Waals surface area contributed by atoms with Crippen LogP contribution in [0.2, 0.25) is 0 Å². The summed E-state index contributed by atoms with van der Waals surface area (Å²) in [6.07, 6.45) is 5.17. The molecule has 0 aliphatic heterocycles. The third-order valence-electron chi connectivity index (χ3n) is 5.51. The fourth-order valence-corrected chi connectivity index (χ4v) is 4.06. The molecule has 172 valence electrons. The normalized spacial score (nSPS) is 13.5. The Morgan fingerprint density at radius 2 is 1.76 bits per heavy atom. The van der Waals surface area contributed by atoms with Gasteiger partial charge in [0.1, 0.15) is 0 Å². The van der Waals surface area contributed by atoms with E-state index in [-0.39, 0.29) is 5.41 Å². The maximum Gasteiger partial charge on any atom is 0.332 e. The number of aromatic nitrogens is 2. The van der Waals surface area contributed by atoms with E-state index in [1.807, 2.05) is 30.3 Å². The van der Waals surface area contributed by atoms with Gasteiger partial charge in [-0.3, -0.25) is 14.3 Å². The van der Waals surface area contributed by atoms with Crippen molar-refractivity contribution in [2.45, 2.75) is 32.6 Å². The van der Waals surface area contributed by atoms with E-state index in [1.165, 1.54) is 16.8 Å². The maximum atomic E-state index is 12.4. The minimum Gasteiger partial charge on any atom is -0.308 e. The molecule has 0 fully saturated rings. The number of H-pyrrole nitrogens is 1. The number of allylic oxidation sites excluding steroid dienone is 1. The number of fused-ring (bicyclic) bond motifs is 1. The zero-order valence-corrected chi connectivity index (χ0v) is 19.7. The van der Waals surface area contributed by atoms with Crippen molar-refractivity contribution in [2.24, 2.45) is 0 Å². The molecule has 0 unspecified atom stereocenters. The van der Waals surface area contributed by atoms with E-state index < -0.39 is 21.3 Å². The molecule has 0 amide bonds. The number of benzene rings is 2. The summed E-state index contributed by atoms with van der Waals surface area (Å²) in [7, 11) is -3.37. The van der Waals surface area contributed by atoms with Crippen molar-refractivity contribution in [1.29, 1.82) is 0 Å². The van der Waals surface area contributed by atoms with Crippen LogP contribution in [0.3, 0.4) is 0 Å². The van der Waals surface area contributed by atoms with E-state index in [0.29, 0.717) is 17.8 Å². The number of hydrogen-bond acceptors (Lipinski definition) is 5. The molecule has 2 aromatic carbocycles. The topological polar surface area (TPSA) is 113 Å². The molecule has 1 aromatic heterocycles. The zero-order chi connectivity index (χ0) is 24.0. The molecule has 0 radical (unpaired) electrons. The van der Waals surface area contributed by atoms with Crippen LogP contribution < -0.4 is 21.5 Å². The van der Waals surface area contributed by atoms with Gasteiger partial charge in [-0.1, -0.05) is 51.1 Å². The lowest BCUT2D eigenvalue weighted by atomic mass is 9.84. The van der Waals surface area contributed by atoms with Crippen molar-refractivity contribution in [1.82, 2.24) is 19.8 Å². The zero-order valence-electron chi connectivity index (χ0n) is 18.9. The van der Waals surface area contributed by atoms with E-state index in [4.69, 9.17) is 0 Å². The largest absolute Gasteiger partial charge is 0.332 e. The van der Waals surface area contributed by atoms with Crippen molar-refractivity contribution in [3.05, 3.63) is 92.3 Å². The van der Waals surface area contributed by atoms with E-state index in [1.54, 1.807) is 0 Å². The summed E-state index contributed by atoms with van der Waals surface area (Å²) in [5, 5.41) is 0. The third-order valence-corrected chi connectivity index (χ3v) is 5.98. The molecule has 0 saturated heterocycles. The summed E-state index contributed by atoms with van der Waals surface area (Å²) in [6.45, 7) is 6.31. The molecule has 1 aliphatic carbocycles. The molecule has 1 aliphatic rings. The highest BCUT2D eigenvalue weighted by atomic mass is 32.2. The number of nitrogens with zero attached hydrogens (tertiary/aromatic N) is 1. The first-order chi connectivity index (χ1) is 15.4. The smallest absolute Gasteiger partial charge is 0.308 e. The Hall–Kier alpha value is -3.43. The third kappa shape index (κ3) is 4.99. The molecular weight excluding hydrogens is 440 g/mol. The first-order valence-electron chi connectivity index (χ1n) is 10.5. The molecule has 0 saturated carbocycles. The van der Waals surface area contributed by atoms with E-state index in [0.717, 1.165) is 34.1 Å². The van der Waals surface area contributed by atoms with E-state index in [9.17, 15) is 18.0 Å². The lowest BCUT2D eigenvalue weighted by molar-refractivity contribution is 0.582. The lowest BCUT2D eigenvalue weighted by Gasteiger charge is -2.22. The van der Waals surface area contributed by atoms with Crippen LogP contribution in [-0.2, 0) is 21.9 Å². The number of hydrogen-bond donors (Lipinski definition) is 3. The highest BCUT2D eigenvalue weighted by Crippen LogP contribution is 2.34. The van der Waals surface area contributed by atoms with Gasteiger partial charge in [0, 0.05) is 17.8 Å². The molecule has 1 heterocycles. The van der Waals surface area contributed by atoms with Gasteiger partial charge in [0.15, 0.2) is 0 Å². The lowest BCUT2D eigenvalue weighted by Crippen LogP contribution is -2.34. The van der Waals surface area contributed by atoms with Crippen LogP contribution >= 0.6 is 0 Å². The van der Waals surface area contributed by atoms with Gasteiger partial charge < -0.3 is 5.43 Å². The SMILES string of the molecule is CC(C)(C)c1cc(-c2ccc3c(c2)CC=C3NNS(C)(=O)=O)cc(-n2ccc(=O)[nH]c2=O)c1. The van der Waals surface area contributed by atoms with Gasteiger partial charge in [-0.25, -0.2) is 13.2 Å². The van der Waals surface area contributed by atoms with E-state index >= 15 is 0 Å². The highest BCUT2D eigenvalue weighted by molar-refractivity contribution is 7.88. The van der Waals surface area contributed by atoms with Crippen molar-refractivity contribution in [3.63, 3.8) is 0 Å². The Labute approximate surface area is 192 Å². The fraction of sp³-hybridized carbons (Fsp3) is 0.250. The highest BCUT2D eigenvalue weighted by Gasteiger charge is 2.19. The second-order valence-electron chi connectivity index (χ2n) is 9.19. The van der Waals surface area contributed by atoms with Crippen molar-refractivity contribution >= 4 is 15.7 Å². The van der Waals surface area contributed by atoms with Crippen LogP contribution in [0.25, 0.3) is 22.5 Å². The van der Waals surface area contributed by atoms with Gasteiger partial charge in [-0.15, -0.1) is 4.83 Å². The molecule has 9 heteroatoms. The predicted molar refractivity (Wildman–Crippen MR) is 130 cm³/mol. The molecular formula is C24H26N4O4S. The monoisotopic (exact) mass is 466 g/mol. The Morgan fingerprint density at radius 1 is 1.00 bits per heavy atom. The summed E-state index contributed by atoms with van der Waals surface area (Å²) in [6, 6.07) is 13.3. The maximum absolute atomic E-state index is 12.4. The second-order valence-corrected chi connectivity index (χ2v) is 10.9. The van der Waals surface area contributed by atoms with Crippen LogP contribution in [-0.4, -0.2) is 24.2 Å². The molecule has 0 bridgehead atoms. The number of rotatable bonds is 5. The Balaban J connectivity index is 1.77. The van der Waals surface area contributed by atoms with Crippen molar-refractivity contribution in [3.8, 4) is 16.8 Å². The molecule has 8 nitrogen and oxygen atoms in total. The summed E-state index contributed by atoms with van der Waals surface area (Å²) in [5.74, 6) is 0. The van der Waals surface area contributed by atoms with Gasteiger partial charge >= 0.3 is 5.69 Å². The van der Waals surface area contributed by atoms with Crippen LogP contribution in [0.1, 0.15) is 37.5 Å². The Bertz CT molecular complexity index is 1490. The van der Waals surface area contributed by atoms with Crippen LogP contribution in [0.4, 0.5) is 0 Å². The fourth-order valence-electron chi connectivity index (χ4n) is 3.76. The quantitative estimate of drug-likeness (QED) is 0.500. The van der Waals surface area contributed by atoms with Crippen LogP contribution in [0.5, 0.6) is 0 Å². The van der Waals surface area contributed by atoms with Crippen molar-refractivity contribution in [2.75, 3.05) is 6.26 Å². The summed E-state index contributed by atoms with van der Waals surface area (Å²) >= 11 is 0. The Kier molecular flexibility index (Phi) is 5.63.